The Bertz CT molecular complexity index is 574. The number of ether oxygens (including phenoxy) is 1. The van der Waals surface area contributed by atoms with Gasteiger partial charge in [0.2, 0.25) is 0 Å². The van der Waals surface area contributed by atoms with Gasteiger partial charge in [-0.25, -0.2) is 4.79 Å². The summed E-state index contributed by atoms with van der Waals surface area (Å²) in [5, 5.41) is 19.3. The van der Waals surface area contributed by atoms with E-state index in [0.717, 1.165) is 35.3 Å². The van der Waals surface area contributed by atoms with E-state index < -0.39 is 12.1 Å². The van der Waals surface area contributed by atoms with Crippen LogP contribution in [0.4, 0.5) is 0 Å². The van der Waals surface area contributed by atoms with Gasteiger partial charge < -0.3 is 14.9 Å². The van der Waals surface area contributed by atoms with Crippen LogP contribution in [0.1, 0.15) is 24.0 Å². The fourth-order valence-corrected chi connectivity index (χ4v) is 3.26. The molecule has 2 aliphatic rings. The Labute approximate surface area is 111 Å². The van der Waals surface area contributed by atoms with E-state index in [-0.39, 0.29) is 12.3 Å². The topological polar surface area (TPSA) is 66.8 Å². The van der Waals surface area contributed by atoms with Crippen LogP contribution in [0.25, 0.3) is 5.57 Å². The third-order valence-corrected chi connectivity index (χ3v) is 4.16. The highest BCUT2D eigenvalue weighted by atomic mass is 16.5. The molecule has 0 aromatic heterocycles. The molecule has 2 N–H and O–H groups in total. The van der Waals surface area contributed by atoms with E-state index in [1.54, 1.807) is 7.11 Å². The van der Waals surface area contributed by atoms with Gasteiger partial charge in [-0.15, -0.1) is 0 Å². The maximum atomic E-state index is 11.3. The maximum Gasteiger partial charge on any atom is 0.331 e. The van der Waals surface area contributed by atoms with Crippen molar-refractivity contribution >= 4 is 11.5 Å². The molecule has 0 heterocycles. The molecule has 0 bridgehead atoms. The lowest BCUT2D eigenvalue weighted by molar-refractivity contribution is -0.132. The summed E-state index contributed by atoms with van der Waals surface area (Å²) in [5.74, 6) is -0.166. The van der Waals surface area contributed by atoms with Crippen molar-refractivity contribution in [3.8, 4) is 5.75 Å². The van der Waals surface area contributed by atoms with Crippen LogP contribution in [0, 0.1) is 5.92 Å². The van der Waals surface area contributed by atoms with Gasteiger partial charge in [0.1, 0.15) is 5.75 Å². The van der Waals surface area contributed by atoms with Crippen LogP contribution in [0.3, 0.4) is 0 Å². The summed E-state index contributed by atoms with van der Waals surface area (Å²) < 4.78 is 5.21. The molecule has 0 saturated carbocycles. The second-order valence-electron chi connectivity index (χ2n) is 5.14. The Morgan fingerprint density at radius 2 is 2.21 bits per heavy atom. The minimum absolute atomic E-state index is 0.0352. The van der Waals surface area contributed by atoms with Crippen LogP contribution in [-0.4, -0.2) is 29.4 Å². The Morgan fingerprint density at radius 1 is 1.42 bits per heavy atom. The van der Waals surface area contributed by atoms with E-state index in [4.69, 9.17) is 4.74 Å². The molecule has 0 spiro atoms. The first-order chi connectivity index (χ1) is 9.11. The normalized spacial score (nSPS) is 24.9. The van der Waals surface area contributed by atoms with Crippen LogP contribution < -0.4 is 4.74 Å². The van der Waals surface area contributed by atoms with E-state index in [2.05, 4.69) is 0 Å². The zero-order chi connectivity index (χ0) is 13.6. The number of rotatable bonds is 2. The Balaban J connectivity index is 2.15. The van der Waals surface area contributed by atoms with E-state index >= 15 is 0 Å². The molecule has 0 aliphatic heterocycles. The number of hydrogen-bond donors (Lipinski definition) is 2. The van der Waals surface area contributed by atoms with Gasteiger partial charge in [-0.1, -0.05) is 6.07 Å². The van der Waals surface area contributed by atoms with Gasteiger partial charge in [0, 0.05) is 17.9 Å². The average Bonchev–Trinajstić information content (AvgIpc) is 2.76. The number of carboxylic acid groups (broad SMARTS) is 1. The van der Waals surface area contributed by atoms with Crippen molar-refractivity contribution in [1.82, 2.24) is 0 Å². The first kappa shape index (κ1) is 12.2. The molecule has 2 aliphatic carbocycles. The van der Waals surface area contributed by atoms with Crippen molar-refractivity contribution in [3.63, 3.8) is 0 Å². The van der Waals surface area contributed by atoms with Crippen LogP contribution in [-0.2, 0) is 11.2 Å². The molecule has 2 atom stereocenters. The highest BCUT2D eigenvalue weighted by Crippen LogP contribution is 2.46. The number of benzene rings is 1. The molecule has 0 radical (unpaired) electrons. The summed E-state index contributed by atoms with van der Waals surface area (Å²) in [5.41, 5.74) is 3.26. The predicted molar refractivity (Wildman–Crippen MR) is 70.0 cm³/mol. The van der Waals surface area contributed by atoms with Crippen LogP contribution >= 0.6 is 0 Å². The molecule has 0 fully saturated rings. The highest BCUT2D eigenvalue weighted by molar-refractivity contribution is 5.99. The average molecular weight is 260 g/mol. The van der Waals surface area contributed by atoms with Gasteiger partial charge >= 0.3 is 5.97 Å². The molecular formula is C15H16O4. The Hall–Kier alpha value is -1.81. The van der Waals surface area contributed by atoms with E-state index in [1.807, 2.05) is 18.2 Å². The zero-order valence-electron chi connectivity index (χ0n) is 10.7. The van der Waals surface area contributed by atoms with E-state index in [1.165, 1.54) is 0 Å². The monoisotopic (exact) mass is 260 g/mol. The standard InChI is InChI=1S/C15H16O4/c1-19-9-3-5-10-8(6-9)2-4-11-13(16)7-12(14(10)11)15(17)18/h3,5-6,11,13,16H,2,4,7H2,1H3,(H,17,18). The fraction of sp³-hybridized carbons (Fsp3) is 0.400. The number of aliphatic hydroxyl groups is 1. The second kappa shape index (κ2) is 4.38. The van der Waals surface area contributed by atoms with E-state index in [0.29, 0.717) is 5.57 Å². The molecular weight excluding hydrogens is 244 g/mol. The number of carboxylic acids is 1. The number of carbonyl (C=O) groups is 1. The predicted octanol–water partition coefficient (Wildman–Crippen LogP) is 1.86. The number of methoxy groups -OCH3 is 1. The van der Waals surface area contributed by atoms with Gasteiger partial charge in [-0.3, -0.25) is 0 Å². The maximum absolute atomic E-state index is 11.3. The summed E-state index contributed by atoms with van der Waals surface area (Å²) in [6.45, 7) is 0. The van der Waals surface area contributed by atoms with Crippen molar-refractivity contribution in [3.05, 3.63) is 34.9 Å². The third kappa shape index (κ3) is 1.83. The second-order valence-corrected chi connectivity index (χ2v) is 5.14. The Kier molecular flexibility index (Phi) is 2.82. The summed E-state index contributed by atoms with van der Waals surface area (Å²) in [7, 11) is 1.62. The number of fused-ring (bicyclic) bond motifs is 3. The van der Waals surface area contributed by atoms with Crippen molar-refractivity contribution in [2.45, 2.75) is 25.4 Å². The molecule has 1 aromatic rings. The van der Waals surface area contributed by atoms with Crippen molar-refractivity contribution in [2.24, 2.45) is 5.92 Å². The molecule has 0 saturated heterocycles. The Morgan fingerprint density at radius 3 is 2.89 bits per heavy atom. The minimum atomic E-state index is -0.916. The van der Waals surface area contributed by atoms with Gasteiger partial charge in [0.15, 0.2) is 0 Å². The largest absolute Gasteiger partial charge is 0.497 e. The van der Waals surface area contributed by atoms with Crippen molar-refractivity contribution in [1.29, 1.82) is 0 Å². The van der Waals surface area contributed by atoms with Crippen LogP contribution in [0.5, 0.6) is 5.75 Å². The summed E-state index contributed by atoms with van der Waals surface area (Å²) in [4.78, 5) is 11.3. The molecule has 4 nitrogen and oxygen atoms in total. The molecule has 100 valence electrons. The lowest BCUT2D eigenvalue weighted by Gasteiger charge is -2.26. The quantitative estimate of drug-likeness (QED) is 0.851. The lowest BCUT2D eigenvalue weighted by Crippen LogP contribution is -2.20. The molecule has 19 heavy (non-hydrogen) atoms. The zero-order valence-corrected chi connectivity index (χ0v) is 10.7. The number of aliphatic hydroxyl groups excluding tert-OH is 1. The van der Waals surface area contributed by atoms with Crippen molar-refractivity contribution < 1.29 is 19.7 Å². The van der Waals surface area contributed by atoms with Crippen LogP contribution in [0.15, 0.2) is 23.8 Å². The summed E-state index contributed by atoms with van der Waals surface area (Å²) >= 11 is 0. The fourth-order valence-electron chi connectivity index (χ4n) is 3.26. The van der Waals surface area contributed by atoms with Crippen LogP contribution in [0.2, 0.25) is 0 Å². The molecule has 3 rings (SSSR count). The van der Waals surface area contributed by atoms with Gasteiger partial charge in [0.25, 0.3) is 0 Å². The number of aryl methyl sites for hydroxylation is 1. The molecule has 0 amide bonds. The van der Waals surface area contributed by atoms with Gasteiger partial charge in [-0.2, -0.15) is 0 Å². The van der Waals surface area contributed by atoms with E-state index in [9.17, 15) is 15.0 Å². The lowest BCUT2D eigenvalue weighted by atomic mass is 9.79. The van der Waals surface area contributed by atoms with Gasteiger partial charge in [-0.05, 0) is 41.7 Å². The highest BCUT2D eigenvalue weighted by Gasteiger charge is 2.39. The smallest absolute Gasteiger partial charge is 0.331 e. The molecule has 2 unspecified atom stereocenters. The third-order valence-electron chi connectivity index (χ3n) is 4.16. The number of hydrogen-bond acceptors (Lipinski definition) is 3. The summed E-state index contributed by atoms with van der Waals surface area (Å²) in [6, 6.07) is 5.72. The number of aliphatic carboxylic acids is 1. The SMILES string of the molecule is COc1ccc2c(c1)CCC1C2=C(C(=O)O)CC1O. The minimum Gasteiger partial charge on any atom is -0.497 e. The first-order valence-electron chi connectivity index (χ1n) is 6.43. The molecule has 1 aromatic carbocycles. The first-order valence-corrected chi connectivity index (χ1v) is 6.43. The van der Waals surface area contributed by atoms with Gasteiger partial charge in [0.05, 0.1) is 13.2 Å². The summed E-state index contributed by atoms with van der Waals surface area (Å²) in [6.07, 6.45) is 1.34. The molecule has 4 heteroatoms. The van der Waals surface area contributed by atoms with Crippen molar-refractivity contribution in [2.75, 3.05) is 7.11 Å².